The highest BCUT2D eigenvalue weighted by atomic mass is 32.1. The van der Waals surface area contributed by atoms with Gasteiger partial charge in [-0.3, -0.25) is 0 Å². The number of benzene rings is 2. The number of hydrogen-bond donors (Lipinski definition) is 1. The van der Waals surface area contributed by atoms with Crippen molar-refractivity contribution in [3.05, 3.63) is 64.4 Å². The highest BCUT2D eigenvalue weighted by Crippen LogP contribution is 2.52. The van der Waals surface area contributed by atoms with Gasteiger partial charge < -0.3 is 19.9 Å². The molecule has 0 fully saturated rings. The topological polar surface area (TPSA) is 77.5 Å². The van der Waals surface area contributed by atoms with Crippen LogP contribution in [0.5, 0.6) is 17.2 Å². The van der Waals surface area contributed by atoms with Gasteiger partial charge in [-0.2, -0.15) is 5.26 Å². The lowest BCUT2D eigenvalue weighted by atomic mass is 9.87. The molecule has 1 aliphatic rings. The van der Waals surface area contributed by atoms with Crippen LogP contribution >= 0.6 is 11.3 Å². The minimum absolute atomic E-state index is 0.131. The summed E-state index contributed by atoms with van der Waals surface area (Å²) in [6, 6.07) is 15.8. The molecule has 0 amide bonds. The smallest absolute Gasteiger partial charge is 0.205 e. The van der Waals surface area contributed by atoms with Crippen molar-refractivity contribution in [1.82, 2.24) is 0 Å². The van der Waals surface area contributed by atoms with E-state index in [1.165, 1.54) is 0 Å². The van der Waals surface area contributed by atoms with Gasteiger partial charge in [0.25, 0.3) is 0 Å². The molecule has 2 aromatic carbocycles. The Labute approximate surface area is 154 Å². The zero-order valence-corrected chi connectivity index (χ0v) is 15.1. The van der Waals surface area contributed by atoms with E-state index in [0.29, 0.717) is 22.8 Å². The number of nitrogens with two attached hydrogens (primary N) is 1. The molecule has 3 aromatic rings. The zero-order valence-electron chi connectivity index (χ0n) is 14.3. The van der Waals surface area contributed by atoms with Gasteiger partial charge in [0.15, 0.2) is 5.75 Å². The van der Waals surface area contributed by atoms with Gasteiger partial charge in [0.05, 0.1) is 25.0 Å². The van der Waals surface area contributed by atoms with Crippen molar-refractivity contribution in [3.8, 4) is 23.3 Å². The predicted molar refractivity (Wildman–Crippen MR) is 101 cm³/mol. The highest BCUT2D eigenvalue weighted by Gasteiger charge is 2.35. The number of fused-ring (bicyclic) bond motifs is 3. The molecule has 1 aromatic heterocycles. The first-order valence-electron chi connectivity index (χ1n) is 7.98. The fraction of sp³-hybridized carbons (Fsp3) is 0.150. The van der Waals surface area contributed by atoms with E-state index in [2.05, 4.69) is 6.07 Å². The molecule has 130 valence electrons. The van der Waals surface area contributed by atoms with Crippen molar-refractivity contribution in [2.24, 2.45) is 5.73 Å². The molecule has 0 unspecified atom stereocenters. The average molecular weight is 364 g/mol. The Hall–Kier alpha value is -3.17. The summed E-state index contributed by atoms with van der Waals surface area (Å²) >= 11 is 1.60. The highest BCUT2D eigenvalue weighted by molar-refractivity contribution is 7.19. The monoisotopic (exact) mass is 364 g/mol. The normalized spacial score (nSPS) is 16.0. The van der Waals surface area contributed by atoms with Crippen LogP contribution in [0, 0.1) is 11.3 Å². The van der Waals surface area contributed by atoms with Crippen LogP contribution in [0.25, 0.3) is 10.1 Å². The Morgan fingerprint density at radius 2 is 1.96 bits per heavy atom. The number of allylic oxidation sites excluding steroid dienone is 1. The van der Waals surface area contributed by atoms with E-state index in [0.717, 1.165) is 20.5 Å². The van der Waals surface area contributed by atoms with E-state index < -0.39 is 0 Å². The first kappa shape index (κ1) is 16.3. The Morgan fingerprint density at radius 3 is 2.69 bits per heavy atom. The fourth-order valence-corrected chi connectivity index (χ4v) is 4.51. The standard InChI is InChI=1S/C20H16N2O3S/c1-23-11-7-8-12(15(9-11)24-2)17-14(10-21)20(22)25-18-13-5-3-4-6-16(13)26-19(17)18/h3-9,17H,22H2,1-2H3/t17-/m0/s1. The van der Waals surface area contributed by atoms with Gasteiger partial charge in [-0.05, 0) is 18.2 Å². The molecule has 0 saturated carbocycles. The Kier molecular flexibility index (Phi) is 3.94. The molecular weight excluding hydrogens is 348 g/mol. The molecular formula is C20H16N2O3S. The van der Waals surface area contributed by atoms with Gasteiger partial charge in [0, 0.05) is 21.7 Å². The minimum Gasteiger partial charge on any atom is -0.497 e. The molecule has 5 nitrogen and oxygen atoms in total. The van der Waals surface area contributed by atoms with Crippen LogP contribution in [0.15, 0.2) is 53.9 Å². The second kappa shape index (κ2) is 6.28. The van der Waals surface area contributed by atoms with Crippen molar-refractivity contribution < 1.29 is 14.2 Å². The van der Waals surface area contributed by atoms with Crippen molar-refractivity contribution in [2.75, 3.05) is 14.2 Å². The quantitative estimate of drug-likeness (QED) is 0.756. The van der Waals surface area contributed by atoms with E-state index in [1.54, 1.807) is 25.6 Å². The molecule has 0 bridgehead atoms. The third-order valence-electron chi connectivity index (χ3n) is 4.48. The molecule has 2 heterocycles. The summed E-state index contributed by atoms with van der Waals surface area (Å²) in [5, 5.41) is 10.7. The maximum Gasteiger partial charge on any atom is 0.205 e. The SMILES string of the molecule is COc1ccc([C@H]2C(C#N)=C(N)Oc3c2sc2ccccc32)c(OC)c1. The first-order valence-corrected chi connectivity index (χ1v) is 8.80. The Morgan fingerprint density at radius 1 is 1.15 bits per heavy atom. The van der Waals surface area contributed by atoms with Gasteiger partial charge in [-0.1, -0.05) is 18.2 Å². The van der Waals surface area contributed by atoms with Gasteiger partial charge >= 0.3 is 0 Å². The van der Waals surface area contributed by atoms with Crippen molar-refractivity contribution in [2.45, 2.75) is 5.92 Å². The number of rotatable bonds is 3. The van der Waals surface area contributed by atoms with Gasteiger partial charge in [0.2, 0.25) is 5.88 Å². The lowest BCUT2D eigenvalue weighted by molar-refractivity contribution is 0.384. The average Bonchev–Trinajstić information content (AvgIpc) is 3.04. The molecule has 26 heavy (non-hydrogen) atoms. The molecule has 0 saturated heterocycles. The molecule has 0 radical (unpaired) electrons. The van der Waals surface area contributed by atoms with E-state index in [1.807, 2.05) is 42.5 Å². The summed E-state index contributed by atoms with van der Waals surface area (Å²) in [4.78, 5) is 0.945. The summed E-state index contributed by atoms with van der Waals surface area (Å²) in [6.07, 6.45) is 0. The van der Waals surface area contributed by atoms with Crippen LogP contribution in [0.2, 0.25) is 0 Å². The number of nitrogens with zero attached hydrogens (tertiary/aromatic N) is 1. The lowest BCUT2D eigenvalue weighted by Gasteiger charge is -2.25. The zero-order chi connectivity index (χ0) is 18.3. The lowest BCUT2D eigenvalue weighted by Crippen LogP contribution is -2.20. The largest absolute Gasteiger partial charge is 0.497 e. The van der Waals surface area contributed by atoms with E-state index in [-0.39, 0.29) is 11.8 Å². The second-order valence-corrected chi connectivity index (χ2v) is 6.91. The summed E-state index contributed by atoms with van der Waals surface area (Å²) in [6.45, 7) is 0. The van der Waals surface area contributed by atoms with E-state index in [9.17, 15) is 5.26 Å². The molecule has 2 N–H and O–H groups in total. The number of hydrogen-bond acceptors (Lipinski definition) is 6. The van der Waals surface area contributed by atoms with Crippen molar-refractivity contribution in [3.63, 3.8) is 0 Å². The molecule has 4 rings (SSSR count). The summed E-state index contributed by atoms with van der Waals surface area (Å²) in [5.74, 6) is 1.82. The van der Waals surface area contributed by atoms with Gasteiger partial charge in [-0.25, -0.2) is 0 Å². The van der Waals surface area contributed by atoms with Crippen molar-refractivity contribution >= 4 is 21.4 Å². The van der Waals surface area contributed by atoms with Crippen LogP contribution < -0.4 is 19.9 Å². The maximum atomic E-state index is 9.73. The molecule has 6 heteroatoms. The van der Waals surface area contributed by atoms with Crippen LogP contribution in [-0.4, -0.2) is 14.2 Å². The first-order chi connectivity index (χ1) is 12.7. The summed E-state index contributed by atoms with van der Waals surface area (Å²) < 4.78 is 17.8. The third-order valence-corrected chi connectivity index (χ3v) is 5.69. The van der Waals surface area contributed by atoms with Crippen molar-refractivity contribution in [1.29, 1.82) is 5.26 Å². The Balaban J connectivity index is 1.99. The van der Waals surface area contributed by atoms with Crippen LogP contribution in [-0.2, 0) is 0 Å². The number of nitriles is 1. The van der Waals surface area contributed by atoms with Crippen LogP contribution in [0.4, 0.5) is 0 Å². The number of ether oxygens (including phenoxy) is 3. The molecule has 1 atom stereocenters. The predicted octanol–water partition coefficient (Wildman–Crippen LogP) is 4.14. The summed E-state index contributed by atoms with van der Waals surface area (Å²) in [5.41, 5.74) is 7.34. The third kappa shape index (κ3) is 2.37. The second-order valence-electron chi connectivity index (χ2n) is 5.82. The van der Waals surface area contributed by atoms with Gasteiger partial charge in [0.1, 0.15) is 23.1 Å². The van der Waals surface area contributed by atoms with Gasteiger partial charge in [-0.15, -0.1) is 11.3 Å². The van der Waals surface area contributed by atoms with Crippen LogP contribution in [0.1, 0.15) is 16.4 Å². The fourth-order valence-electron chi connectivity index (χ4n) is 3.25. The minimum atomic E-state index is -0.345. The molecule has 0 spiro atoms. The van der Waals surface area contributed by atoms with E-state index in [4.69, 9.17) is 19.9 Å². The Bertz CT molecular complexity index is 1080. The maximum absolute atomic E-state index is 9.73. The van der Waals surface area contributed by atoms with Crippen LogP contribution in [0.3, 0.4) is 0 Å². The molecule has 1 aliphatic heterocycles. The number of methoxy groups -OCH3 is 2. The van der Waals surface area contributed by atoms with E-state index >= 15 is 0 Å². The number of thiophene rings is 1. The summed E-state index contributed by atoms with van der Waals surface area (Å²) in [7, 11) is 3.20. The molecule has 0 aliphatic carbocycles.